The number of imide groups is 1. The normalized spacial score (nSPS) is 12.3. The maximum atomic E-state index is 12.3. The summed E-state index contributed by atoms with van der Waals surface area (Å²) in [5.74, 6) is -1.06. The highest BCUT2D eigenvalue weighted by Crippen LogP contribution is 2.22. The fraction of sp³-hybridized carbons (Fsp3) is 0.154. The van der Waals surface area contributed by atoms with Crippen molar-refractivity contribution in [2.45, 2.75) is 6.42 Å². The number of hydrogen-bond donors (Lipinski definition) is 0. The predicted molar refractivity (Wildman–Crippen MR) is 121 cm³/mol. The van der Waals surface area contributed by atoms with E-state index in [-0.39, 0.29) is 31.9 Å². The molecule has 1 aliphatic heterocycles. The van der Waals surface area contributed by atoms with E-state index in [0.717, 1.165) is 4.90 Å². The number of carbonyl (C=O) groups excluding carboxylic acids is 4. The molecule has 0 unspecified atom stereocenters. The number of nitrogens with zero attached hydrogens (tertiary/aromatic N) is 1. The second-order valence-corrected chi connectivity index (χ2v) is 7.35. The Bertz CT molecular complexity index is 1170. The minimum Gasteiger partial charge on any atom is -0.490 e. The Balaban J connectivity index is 1.21. The van der Waals surface area contributed by atoms with Crippen LogP contribution in [0, 0.1) is 0 Å². The van der Waals surface area contributed by atoms with Crippen molar-refractivity contribution >= 4 is 23.8 Å². The molecule has 0 aromatic heterocycles. The molecule has 3 aromatic rings. The summed E-state index contributed by atoms with van der Waals surface area (Å²) in [6.07, 6.45) is -0.156. The molecule has 3 aromatic carbocycles. The van der Waals surface area contributed by atoms with Crippen LogP contribution in [0.3, 0.4) is 0 Å². The standard InChI is InChI=1S/C26H21NO7/c28-23(14-15-27-24(29)21-8-4-5-9-22(21)25(27)30)34-20-12-10-18(11-13-20)26(31)33-17-16-32-19-6-2-1-3-7-19/h1-13H,14-17H2. The summed E-state index contributed by atoms with van der Waals surface area (Å²) in [5, 5.41) is 0. The van der Waals surface area contributed by atoms with Crippen LogP contribution in [0.5, 0.6) is 11.5 Å². The van der Waals surface area contributed by atoms with E-state index in [9.17, 15) is 19.2 Å². The number of benzene rings is 3. The van der Waals surface area contributed by atoms with Gasteiger partial charge in [-0.15, -0.1) is 0 Å². The molecule has 1 aliphatic rings. The number of fused-ring (bicyclic) bond motifs is 1. The van der Waals surface area contributed by atoms with Crippen molar-refractivity contribution < 1.29 is 33.4 Å². The molecule has 8 heteroatoms. The van der Waals surface area contributed by atoms with Crippen molar-refractivity contribution in [1.29, 1.82) is 0 Å². The van der Waals surface area contributed by atoms with E-state index < -0.39 is 23.8 Å². The average molecular weight is 459 g/mol. The summed E-state index contributed by atoms with van der Waals surface area (Å²) in [6, 6.07) is 21.6. The van der Waals surface area contributed by atoms with E-state index in [4.69, 9.17) is 14.2 Å². The van der Waals surface area contributed by atoms with Crippen molar-refractivity contribution in [3.05, 3.63) is 95.6 Å². The van der Waals surface area contributed by atoms with E-state index in [1.54, 1.807) is 24.3 Å². The van der Waals surface area contributed by atoms with Gasteiger partial charge in [0.05, 0.1) is 23.1 Å². The van der Waals surface area contributed by atoms with Gasteiger partial charge < -0.3 is 14.2 Å². The van der Waals surface area contributed by atoms with Crippen molar-refractivity contribution in [2.24, 2.45) is 0 Å². The summed E-state index contributed by atoms with van der Waals surface area (Å²) in [4.78, 5) is 50.1. The number of hydrogen-bond acceptors (Lipinski definition) is 7. The fourth-order valence-corrected chi connectivity index (χ4v) is 3.38. The molecule has 0 atom stereocenters. The number of rotatable bonds is 9. The molecule has 0 fully saturated rings. The molecule has 0 spiro atoms. The van der Waals surface area contributed by atoms with E-state index in [1.807, 2.05) is 30.3 Å². The molecule has 1 heterocycles. The largest absolute Gasteiger partial charge is 0.490 e. The van der Waals surface area contributed by atoms with E-state index >= 15 is 0 Å². The maximum Gasteiger partial charge on any atom is 0.338 e. The molecule has 0 radical (unpaired) electrons. The van der Waals surface area contributed by atoms with Crippen LogP contribution in [0.4, 0.5) is 0 Å². The van der Waals surface area contributed by atoms with Crippen molar-refractivity contribution in [2.75, 3.05) is 19.8 Å². The van der Waals surface area contributed by atoms with Crippen LogP contribution >= 0.6 is 0 Å². The smallest absolute Gasteiger partial charge is 0.338 e. The van der Waals surface area contributed by atoms with Crippen LogP contribution in [0.1, 0.15) is 37.5 Å². The number of carbonyl (C=O) groups is 4. The first-order chi connectivity index (χ1) is 16.5. The highest BCUT2D eigenvalue weighted by Gasteiger charge is 2.35. The van der Waals surface area contributed by atoms with Crippen LogP contribution in [0.15, 0.2) is 78.9 Å². The van der Waals surface area contributed by atoms with Gasteiger partial charge in [-0.3, -0.25) is 19.3 Å². The van der Waals surface area contributed by atoms with Crippen LogP contribution in [0.25, 0.3) is 0 Å². The summed E-state index contributed by atoms with van der Waals surface area (Å²) < 4.78 is 15.9. The van der Waals surface area contributed by atoms with Gasteiger partial charge >= 0.3 is 11.9 Å². The van der Waals surface area contributed by atoms with Gasteiger partial charge in [0.1, 0.15) is 24.7 Å². The Morgan fingerprint density at radius 1 is 0.706 bits per heavy atom. The average Bonchev–Trinajstić information content (AvgIpc) is 3.11. The molecule has 0 saturated heterocycles. The second-order valence-electron chi connectivity index (χ2n) is 7.35. The topological polar surface area (TPSA) is 99.2 Å². The van der Waals surface area contributed by atoms with Crippen molar-refractivity contribution in [3.8, 4) is 11.5 Å². The maximum absolute atomic E-state index is 12.3. The lowest BCUT2D eigenvalue weighted by Gasteiger charge is -2.13. The van der Waals surface area contributed by atoms with E-state index in [2.05, 4.69) is 0 Å². The molecule has 0 saturated carbocycles. The van der Waals surface area contributed by atoms with Gasteiger partial charge in [-0.1, -0.05) is 30.3 Å². The first-order valence-electron chi connectivity index (χ1n) is 10.6. The molecule has 0 bridgehead atoms. The van der Waals surface area contributed by atoms with Gasteiger partial charge in [-0.05, 0) is 48.5 Å². The third-order valence-corrected chi connectivity index (χ3v) is 5.07. The third-order valence-electron chi connectivity index (χ3n) is 5.07. The molecule has 172 valence electrons. The Morgan fingerprint density at radius 2 is 1.32 bits per heavy atom. The number of ether oxygens (including phenoxy) is 3. The lowest BCUT2D eigenvalue weighted by Crippen LogP contribution is -2.32. The van der Waals surface area contributed by atoms with Gasteiger partial charge in [-0.25, -0.2) is 4.79 Å². The van der Waals surface area contributed by atoms with Gasteiger partial charge in [0.2, 0.25) is 0 Å². The lowest BCUT2D eigenvalue weighted by atomic mass is 10.1. The monoisotopic (exact) mass is 459 g/mol. The first-order valence-corrected chi connectivity index (χ1v) is 10.6. The zero-order valence-corrected chi connectivity index (χ0v) is 18.1. The molecule has 0 N–H and O–H groups in total. The molecular weight excluding hydrogens is 438 g/mol. The molecular formula is C26H21NO7. The van der Waals surface area contributed by atoms with Gasteiger partial charge in [0, 0.05) is 6.54 Å². The number of amides is 2. The zero-order chi connectivity index (χ0) is 23.9. The Morgan fingerprint density at radius 3 is 1.97 bits per heavy atom. The van der Waals surface area contributed by atoms with Crippen molar-refractivity contribution in [1.82, 2.24) is 4.90 Å². The summed E-state index contributed by atoms with van der Waals surface area (Å²) in [6.45, 7) is 0.224. The Labute approximate surface area is 195 Å². The highest BCUT2D eigenvalue weighted by molar-refractivity contribution is 6.21. The highest BCUT2D eigenvalue weighted by atomic mass is 16.6. The summed E-state index contributed by atoms with van der Waals surface area (Å²) >= 11 is 0. The van der Waals surface area contributed by atoms with Crippen LogP contribution in [-0.2, 0) is 9.53 Å². The molecule has 0 aliphatic carbocycles. The van der Waals surface area contributed by atoms with Crippen LogP contribution in [-0.4, -0.2) is 48.4 Å². The van der Waals surface area contributed by atoms with Gasteiger partial charge in [-0.2, -0.15) is 0 Å². The first kappa shape index (κ1) is 22.7. The van der Waals surface area contributed by atoms with Crippen LogP contribution < -0.4 is 9.47 Å². The van der Waals surface area contributed by atoms with E-state index in [1.165, 1.54) is 24.3 Å². The fourth-order valence-electron chi connectivity index (χ4n) is 3.38. The quantitative estimate of drug-likeness (QED) is 0.209. The van der Waals surface area contributed by atoms with E-state index in [0.29, 0.717) is 22.4 Å². The lowest BCUT2D eigenvalue weighted by molar-refractivity contribution is -0.134. The molecule has 4 rings (SSSR count). The van der Waals surface area contributed by atoms with Gasteiger partial charge in [0.25, 0.3) is 11.8 Å². The Kier molecular flexibility index (Phi) is 6.98. The van der Waals surface area contributed by atoms with Crippen molar-refractivity contribution in [3.63, 3.8) is 0 Å². The minimum atomic E-state index is -0.607. The second kappa shape index (κ2) is 10.4. The zero-order valence-electron chi connectivity index (χ0n) is 18.1. The number of para-hydroxylation sites is 1. The molecule has 8 nitrogen and oxygen atoms in total. The minimum absolute atomic E-state index is 0.0827. The van der Waals surface area contributed by atoms with Crippen LogP contribution in [0.2, 0.25) is 0 Å². The summed E-state index contributed by atoms with van der Waals surface area (Å²) in [5.41, 5.74) is 0.954. The summed E-state index contributed by atoms with van der Waals surface area (Å²) in [7, 11) is 0. The van der Waals surface area contributed by atoms with Gasteiger partial charge in [0.15, 0.2) is 0 Å². The SMILES string of the molecule is O=C(CCN1C(=O)c2ccccc2C1=O)Oc1ccc(C(=O)OCCOc2ccccc2)cc1. The Hall–Kier alpha value is -4.46. The number of esters is 2. The molecule has 2 amide bonds. The third kappa shape index (κ3) is 5.29. The molecule has 34 heavy (non-hydrogen) atoms. The predicted octanol–water partition coefficient (Wildman–Crippen LogP) is 3.51.